The second-order valence-electron chi connectivity index (χ2n) is 1.33. The molecule has 0 aliphatic carbocycles. The van der Waals surface area contributed by atoms with Crippen LogP contribution in [0.2, 0.25) is 0 Å². The highest BCUT2D eigenvalue weighted by atomic mass is 35.5. The van der Waals surface area contributed by atoms with Gasteiger partial charge in [-0.2, -0.15) is 0 Å². The minimum Gasteiger partial charge on any atom is -0.203 e. The number of rotatable bonds is 2. The molecule has 0 aliphatic rings. The lowest BCUT2D eigenvalue weighted by Gasteiger charge is -1.83. The van der Waals surface area contributed by atoms with Crippen molar-refractivity contribution in [3.8, 4) is 0 Å². The Labute approximate surface area is 59.1 Å². The van der Waals surface area contributed by atoms with Gasteiger partial charge >= 0.3 is 0 Å². The molecule has 0 spiro atoms. The maximum Gasteiger partial charge on any atom is 0.0634 e. The summed E-state index contributed by atoms with van der Waals surface area (Å²) in [6, 6.07) is 0. The van der Waals surface area contributed by atoms with Crippen molar-refractivity contribution in [2.45, 2.75) is 6.92 Å². The second kappa shape index (κ2) is 4.98. The number of aliphatic imine (C=N–C) groups is 1. The summed E-state index contributed by atoms with van der Waals surface area (Å²) in [5.74, 6) is 0.501. The van der Waals surface area contributed by atoms with E-state index < -0.39 is 0 Å². The van der Waals surface area contributed by atoms with Gasteiger partial charge in [-0.1, -0.05) is 0 Å². The first-order valence-electron chi connectivity index (χ1n) is 2.10. The van der Waals surface area contributed by atoms with Crippen LogP contribution in [0, 0.1) is 0 Å². The van der Waals surface area contributed by atoms with Gasteiger partial charge in [0.25, 0.3) is 0 Å². The average Bonchev–Trinajstić information content (AvgIpc) is 1.83. The summed E-state index contributed by atoms with van der Waals surface area (Å²) in [6.07, 6.45) is 1.60. The van der Waals surface area contributed by atoms with E-state index in [2.05, 4.69) is 22.4 Å². The molecule has 0 saturated carbocycles. The van der Waals surface area contributed by atoms with Gasteiger partial charge in [0, 0.05) is 12.1 Å². The third-order valence-corrected chi connectivity index (χ3v) is 1.08. The summed E-state index contributed by atoms with van der Waals surface area (Å²) >= 11 is 9.71. The van der Waals surface area contributed by atoms with E-state index in [0.717, 1.165) is 5.57 Å². The van der Waals surface area contributed by atoms with E-state index in [0.29, 0.717) is 5.88 Å². The van der Waals surface area contributed by atoms with Crippen LogP contribution in [0.25, 0.3) is 0 Å². The lowest BCUT2D eigenvalue weighted by molar-refractivity contribution is 1.35. The zero-order chi connectivity index (χ0) is 6.41. The van der Waals surface area contributed by atoms with E-state index in [1.54, 1.807) is 6.20 Å². The normalized spacial score (nSPS) is 10.5. The molecule has 3 heteroatoms. The average molecular weight is 148 g/mol. The van der Waals surface area contributed by atoms with Crippen molar-refractivity contribution in [1.82, 2.24) is 0 Å². The Morgan fingerprint density at radius 2 is 2.62 bits per heavy atom. The van der Waals surface area contributed by atoms with Gasteiger partial charge in [0.2, 0.25) is 0 Å². The van der Waals surface area contributed by atoms with Crippen LogP contribution in [0.15, 0.2) is 16.8 Å². The van der Waals surface area contributed by atoms with Crippen molar-refractivity contribution in [2.24, 2.45) is 4.99 Å². The lowest BCUT2D eigenvalue weighted by Crippen LogP contribution is -1.71. The first-order chi connectivity index (χ1) is 3.81. The Morgan fingerprint density at radius 3 is 3.00 bits per heavy atom. The summed E-state index contributed by atoms with van der Waals surface area (Å²) in [5, 5.41) is 2.21. The summed E-state index contributed by atoms with van der Waals surface area (Å²) in [7, 11) is 0. The molecule has 8 heavy (non-hydrogen) atoms. The van der Waals surface area contributed by atoms with E-state index in [9.17, 15) is 0 Å². The van der Waals surface area contributed by atoms with Crippen molar-refractivity contribution in [3.63, 3.8) is 0 Å². The zero-order valence-electron chi connectivity index (χ0n) is 4.52. The highest BCUT2D eigenvalue weighted by Gasteiger charge is 1.78. The predicted octanol–water partition coefficient (Wildman–Crippen LogP) is 2.23. The fourth-order valence-electron chi connectivity index (χ4n) is 0.171. The first-order valence-corrected chi connectivity index (χ1v) is 3.04. The number of thiocarbonyl (C=S) groups is 1. The Morgan fingerprint density at radius 1 is 2.00 bits per heavy atom. The highest BCUT2D eigenvalue weighted by molar-refractivity contribution is 7.78. The molecule has 0 atom stereocenters. The van der Waals surface area contributed by atoms with E-state index in [1.165, 1.54) is 0 Å². The molecule has 0 amide bonds. The van der Waals surface area contributed by atoms with E-state index in [-0.39, 0.29) is 0 Å². The van der Waals surface area contributed by atoms with Gasteiger partial charge in [-0.05, 0) is 24.7 Å². The van der Waals surface area contributed by atoms with Crippen LogP contribution in [-0.4, -0.2) is 11.0 Å². The number of halogens is 1. The number of allylic oxidation sites excluding steroid dienone is 1. The molecule has 0 heterocycles. The first kappa shape index (κ1) is 7.83. The van der Waals surface area contributed by atoms with Gasteiger partial charge in [-0.15, -0.1) is 11.6 Å². The lowest BCUT2D eigenvalue weighted by atomic mass is 10.4. The number of nitrogens with zero attached hydrogens (tertiary/aromatic N) is 1. The molecule has 1 nitrogen and oxygen atoms in total. The van der Waals surface area contributed by atoms with Crippen molar-refractivity contribution < 1.29 is 0 Å². The Kier molecular flexibility index (Phi) is 4.87. The maximum absolute atomic E-state index is 5.40. The standard InChI is InChI=1S/C5H6ClNS/c1-5(2-6)3-7-4-8/h3H,2H2,1H3. The number of hydrogen-bond acceptors (Lipinski definition) is 2. The topological polar surface area (TPSA) is 12.4 Å². The SMILES string of the molecule is CC(=CN=C=S)CCl. The van der Waals surface area contributed by atoms with Gasteiger partial charge < -0.3 is 0 Å². The van der Waals surface area contributed by atoms with Crippen LogP contribution < -0.4 is 0 Å². The number of hydrogen-bond donors (Lipinski definition) is 0. The van der Waals surface area contributed by atoms with Crippen molar-refractivity contribution in [1.29, 1.82) is 0 Å². The molecule has 44 valence electrons. The molecular weight excluding hydrogens is 142 g/mol. The quantitative estimate of drug-likeness (QED) is 0.332. The van der Waals surface area contributed by atoms with Crippen LogP contribution >= 0.6 is 23.8 Å². The molecule has 0 aromatic heterocycles. The van der Waals surface area contributed by atoms with Gasteiger partial charge in [0.1, 0.15) is 0 Å². The third kappa shape index (κ3) is 4.00. The van der Waals surface area contributed by atoms with Crippen molar-refractivity contribution >= 4 is 29.0 Å². The zero-order valence-corrected chi connectivity index (χ0v) is 6.09. The number of alkyl halides is 1. The largest absolute Gasteiger partial charge is 0.203 e. The van der Waals surface area contributed by atoms with E-state index >= 15 is 0 Å². The van der Waals surface area contributed by atoms with Crippen LogP contribution in [0.4, 0.5) is 0 Å². The minimum absolute atomic E-state index is 0.501. The van der Waals surface area contributed by atoms with Gasteiger partial charge in [-0.3, -0.25) is 0 Å². The summed E-state index contributed by atoms with van der Waals surface area (Å²) in [6.45, 7) is 1.88. The smallest absolute Gasteiger partial charge is 0.0634 e. The molecule has 0 aromatic carbocycles. The molecular formula is C5H6ClNS. The maximum atomic E-state index is 5.40. The number of isothiocyanates is 1. The molecule has 0 saturated heterocycles. The second-order valence-corrected chi connectivity index (χ2v) is 1.78. The Balaban J connectivity index is 3.74. The third-order valence-electron chi connectivity index (χ3n) is 0.548. The fourth-order valence-corrected chi connectivity index (χ4v) is 0.293. The molecule has 0 rings (SSSR count). The molecule has 0 N–H and O–H groups in total. The monoisotopic (exact) mass is 147 g/mol. The van der Waals surface area contributed by atoms with E-state index in [4.69, 9.17) is 11.6 Å². The molecule has 0 bridgehead atoms. The van der Waals surface area contributed by atoms with Gasteiger partial charge in [0.15, 0.2) is 0 Å². The van der Waals surface area contributed by atoms with E-state index in [1.807, 2.05) is 6.92 Å². The van der Waals surface area contributed by atoms with Crippen LogP contribution in [0.5, 0.6) is 0 Å². The van der Waals surface area contributed by atoms with Crippen molar-refractivity contribution in [2.75, 3.05) is 5.88 Å². The van der Waals surface area contributed by atoms with Crippen LogP contribution in [-0.2, 0) is 0 Å². The summed E-state index contributed by atoms with van der Waals surface area (Å²) in [5.41, 5.74) is 0.990. The summed E-state index contributed by atoms with van der Waals surface area (Å²) in [4.78, 5) is 3.56. The Bertz CT molecular complexity index is 135. The van der Waals surface area contributed by atoms with Crippen LogP contribution in [0.3, 0.4) is 0 Å². The summed E-state index contributed by atoms with van der Waals surface area (Å²) < 4.78 is 0. The fraction of sp³-hybridized carbons (Fsp3) is 0.400. The highest BCUT2D eigenvalue weighted by Crippen LogP contribution is 1.93. The predicted molar refractivity (Wildman–Crippen MR) is 39.5 cm³/mol. The molecule has 0 unspecified atom stereocenters. The van der Waals surface area contributed by atoms with Crippen molar-refractivity contribution in [3.05, 3.63) is 11.8 Å². The molecule has 0 aliphatic heterocycles. The molecule has 0 radical (unpaired) electrons. The molecule has 0 aromatic rings. The Hall–Kier alpha value is -0.170. The van der Waals surface area contributed by atoms with Gasteiger partial charge in [0.05, 0.1) is 5.16 Å². The minimum atomic E-state index is 0.501. The van der Waals surface area contributed by atoms with Crippen LogP contribution in [0.1, 0.15) is 6.92 Å². The molecule has 0 fully saturated rings. The van der Waals surface area contributed by atoms with Gasteiger partial charge in [-0.25, -0.2) is 4.99 Å².